The fraction of sp³-hybridized carbons (Fsp3) is 0.562. The number of benzene rings is 1. The van der Waals surface area contributed by atoms with Crippen LogP contribution in [-0.4, -0.2) is 9.55 Å². The van der Waals surface area contributed by atoms with Crippen molar-refractivity contribution in [1.82, 2.24) is 9.55 Å². The number of aryl methyl sites for hydroxylation is 1. The van der Waals surface area contributed by atoms with E-state index < -0.39 is 0 Å². The van der Waals surface area contributed by atoms with Crippen molar-refractivity contribution in [3.05, 3.63) is 28.5 Å². The molecular weight excluding hydrogens is 252 g/mol. The van der Waals surface area contributed by atoms with Gasteiger partial charge in [-0.15, -0.1) is 0 Å². The maximum absolute atomic E-state index is 5.52. The van der Waals surface area contributed by atoms with Crippen molar-refractivity contribution in [2.45, 2.75) is 52.5 Å². The van der Waals surface area contributed by atoms with Crippen LogP contribution >= 0.6 is 12.2 Å². The fourth-order valence-corrected chi connectivity index (χ4v) is 3.64. The van der Waals surface area contributed by atoms with Gasteiger partial charge < -0.3 is 9.55 Å². The topological polar surface area (TPSA) is 20.7 Å². The molecule has 1 aromatic heterocycles. The summed E-state index contributed by atoms with van der Waals surface area (Å²) < 4.78 is 3.18. The second-order valence-electron chi connectivity index (χ2n) is 6.41. The molecule has 102 valence electrons. The number of aromatic nitrogens is 2. The van der Waals surface area contributed by atoms with E-state index in [2.05, 4.69) is 41.6 Å². The highest BCUT2D eigenvalue weighted by molar-refractivity contribution is 7.71. The van der Waals surface area contributed by atoms with Crippen molar-refractivity contribution in [2.75, 3.05) is 0 Å². The van der Waals surface area contributed by atoms with Crippen molar-refractivity contribution < 1.29 is 0 Å². The first-order chi connectivity index (χ1) is 9.07. The highest BCUT2D eigenvalue weighted by atomic mass is 32.1. The lowest BCUT2D eigenvalue weighted by molar-refractivity contribution is 0.184. The third-order valence-corrected chi connectivity index (χ3v) is 4.85. The van der Waals surface area contributed by atoms with Gasteiger partial charge in [-0.3, -0.25) is 0 Å². The summed E-state index contributed by atoms with van der Waals surface area (Å²) in [6, 6.07) is 6.52. The van der Waals surface area contributed by atoms with E-state index in [-0.39, 0.29) is 0 Å². The average molecular weight is 274 g/mol. The zero-order valence-corrected chi connectivity index (χ0v) is 12.6. The number of H-pyrrole nitrogens is 1. The molecule has 1 aliphatic carbocycles. The van der Waals surface area contributed by atoms with Crippen LogP contribution in [0.3, 0.4) is 0 Å². The third kappa shape index (κ3) is 2.48. The average Bonchev–Trinajstić information content (AvgIpc) is 2.67. The number of aromatic amines is 1. The smallest absolute Gasteiger partial charge is 0.178 e. The molecule has 1 fully saturated rings. The first-order valence-corrected chi connectivity index (χ1v) is 7.67. The Balaban J connectivity index is 2.02. The first kappa shape index (κ1) is 12.9. The van der Waals surface area contributed by atoms with Crippen LogP contribution in [0.1, 0.15) is 44.6 Å². The molecule has 0 atom stereocenters. The Morgan fingerprint density at radius 1 is 1.26 bits per heavy atom. The Morgan fingerprint density at radius 2 is 2.00 bits per heavy atom. The highest BCUT2D eigenvalue weighted by Gasteiger charge is 2.28. The third-order valence-electron chi connectivity index (χ3n) is 4.53. The SMILES string of the molecule is Cc1ccc2[nH]c(=S)n(CC3(C)CCCCC3)c2c1. The largest absolute Gasteiger partial charge is 0.331 e. The zero-order valence-electron chi connectivity index (χ0n) is 11.8. The van der Waals surface area contributed by atoms with Gasteiger partial charge in [-0.2, -0.15) is 0 Å². The standard InChI is InChI=1S/C16H22N2S/c1-12-6-7-13-14(10-12)18(15(19)17-13)11-16(2)8-4-3-5-9-16/h6-7,10H,3-5,8-9,11H2,1-2H3,(H,17,19). The van der Waals surface area contributed by atoms with Crippen LogP contribution in [0.5, 0.6) is 0 Å². The Morgan fingerprint density at radius 3 is 2.74 bits per heavy atom. The number of nitrogens with zero attached hydrogens (tertiary/aromatic N) is 1. The molecule has 1 heterocycles. The van der Waals surface area contributed by atoms with E-state index in [0.29, 0.717) is 5.41 Å². The van der Waals surface area contributed by atoms with Crippen molar-refractivity contribution in [1.29, 1.82) is 0 Å². The molecule has 3 heteroatoms. The molecule has 0 bridgehead atoms. The lowest BCUT2D eigenvalue weighted by atomic mass is 9.75. The number of nitrogens with one attached hydrogen (secondary N) is 1. The second-order valence-corrected chi connectivity index (χ2v) is 6.79. The number of imidazole rings is 1. The monoisotopic (exact) mass is 274 g/mol. The van der Waals surface area contributed by atoms with Crippen LogP contribution in [0.2, 0.25) is 0 Å². The minimum absolute atomic E-state index is 0.412. The molecule has 0 amide bonds. The molecule has 1 aliphatic rings. The molecule has 0 radical (unpaired) electrons. The molecule has 1 N–H and O–H groups in total. The molecule has 0 saturated heterocycles. The van der Waals surface area contributed by atoms with Crippen LogP contribution in [-0.2, 0) is 6.54 Å². The van der Waals surface area contributed by atoms with Gasteiger partial charge in [0.2, 0.25) is 0 Å². The van der Waals surface area contributed by atoms with Gasteiger partial charge in [-0.05, 0) is 55.1 Å². The summed E-state index contributed by atoms with van der Waals surface area (Å²) in [7, 11) is 0. The Labute approximate surface area is 119 Å². The Bertz CT molecular complexity index is 644. The van der Waals surface area contributed by atoms with Gasteiger partial charge in [0.25, 0.3) is 0 Å². The van der Waals surface area contributed by atoms with Gasteiger partial charge >= 0.3 is 0 Å². The van der Waals surface area contributed by atoms with Crippen LogP contribution in [0, 0.1) is 17.1 Å². The van der Waals surface area contributed by atoms with E-state index >= 15 is 0 Å². The summed E-state index contributed by atoms with van der Waals surface area (Å²) >= 11 is 5.52. The van der Waals surface area contributed by atoms with Crippen molar-refractivity contribution >= 4 is 23.3 Å². The molecule has 0 spiro atoms. The Hall–Kier alpha value is -1.09. The number of hydrogen-bond acceptors (Lipinski definition) is 1. The van der Waals surface area contributed by atoms with E-state index in [9.17, 15) is 0 Å². The lowest BCUT2D eigenvalue weighted by Gasteiger charge is -2.34. The van der Waals surface area contributed by atoms with Gasteiger partial charge in [-0.1, -0.05) is 32.3 Å². The van der Waals surface area contributed by atoms with Crippen molar-refractivity contribution in [3.63, 3.8) is 0 Å². The molecule has 3 rings (SSSR count). The molecule has 1 saturated carbocycles. The summed E-state index contributed by atoms with van der Waals surface area (Å²) in [5, 5.41) is 0. The minimum atomic E-state index is 0.412. The quantitative estimate of drug-likeness (QED) is 0.766. The number of fused-ring (bicyclic) bond motifs is 1. The van der Waals surface area contributed by atoms with Gasteiger partial charge in [0, 0.05) is 6.54 Å². The minimum Gasteiger partial charge on any atom is -0.331 e. The van der Waals surface area contributed by atoms with E-state index in [1.165, 1.54) is 43.2 Å². The van der Waals surface area contributed by atoms with Crippen LogP contribution < -0.4 is 0 Å². The molecule has 19 heavy (non-hydrogen) atoms. The molecular formula is C16H22N2S. The first-order valence-electron chi connectivity index (χ1n) is 7.27. The summed E-state index contributed by atoms with van der Waals surface area (Å²) in [4.78, 5) is 3.34. The fourth-order valence-electron chi connectivity index (χ4n) is 3.36. The second kappa shape index (κ2) is 4.78. The molecule has 1 aromatic carbocycles. The van der Waals surface area contributed by atoms with E-state index in [0.717, 1.165) is 16.8 Å². The predicted octanol–water partition coefficient (Wildman–Crippen LogP) is 4.98. The van der Waals surface area contributed by atoms with E-state index in [1.807, 2.05) is 0 Å². The molecule has 2 aromatic rings. The van der Waals surface area contributed by atoms with Crippen LogP contribution in [0.4, 0.5) is 0 Å². The van der Waals surface area contributed by atoms with E-state index in [1.54, 1.807) is 0 Å². The molecule has 0 aliphatic heterocycles. The summed E-state index contributed by atoms with van der Waals surface area (Å²) in [6.07, 6.45) is 6.78. The normalized spacial score (nSPS) is 18.8. The summed E-state index contributed by atoms with van der Waals surface area (Å²) in [6.45, 7) is 5.61. The predicted molar refractivity (Wildman–Crippen MR) is 83.1 cm³/mol. The van der Waals surface area contributed by atoms with E-state index in [4.69, 9.17) is 12.2 Å². The van der Waals surface area contributed by atoms with Crippen molar-refractivity contribution in [3.8, 4) is 0 Å². The number of rotatable bonds is 2. The highest BCUT2D eigenvalue weighted by Crippen LogP contribution is 2.38. The van der Waals surface area contributed by atoms with Gasteiger partial charge in [0.15, 0.2) is 4.77 Å². The lowest BCUT2D eigenvalue weighted by Crippen LogP contribution is -2.26. The molecule has 2 nitrogen and oxygen atoms in total. The maximum atomic E-state index is 5.52. The summed E-state index contributed by atoms with van der Waals surface area (Å²) in [5.74, 6) is 0. The zero-order chi connectivity index (χ0) is 13.5. The molecule has 0 unspecified atom stereocenters. The number of hydrogen-bond donors (Lipinski definition) is 1. The van der Waals surface area contributed by atoms with Crippen molar-refractivity contribution in [2.24, 2.45) is 5.41 Å². The van der Waals surface area contributed by atoms with Gasteiger partial charge in [0.05, 0.1) is 11.0 Å². The van der Waals surface area contributed by atoms with Crippen LogP contribution in [0.25, 0.3) is 11.0 Å². The van der Waals surface area contributed by atoms with Gasteiger partial charge in [0.1, 0.15) is 0 Å². The summed E-state index contributed by atoms with van der Waals surface area (Å²) in [5.41, 5.74) is 4.13. The Kier molecular flexibility index (Phi) is 3.25. The van der Waals surface area contributed by atoms with Crippen LogP contribution in [0.15, 0.2) is 18.2 Å². The van der Waals surface area contributed by atoms with Gasteiger partial charge in [-0.25, -0.2) is 0 Å². The maximum Gasteiger partial charge on any atom is 0.178 e.